The van der Waals surface area contributed by atoms with Crippen molar-refractivity contribution >= 4 is 75.2 Å². The second-order valence-corrected chi connectivity index (χ2v) is 8.64. The molecule has 0 unspecified atom stereocenters. The number of ether oxygens (including phenoxy) is 2. The van der Waals surface area contributed by atoms with Crippen LogP contribution in [0.5, 0.6) is 11.5 Å². The lowest BCUT2D eigenvalue weighted by atomic mass is 9.52. The van der Waals surface area contributed by atoms with Gasteiger partial charge in [0.25, 0.3) is 0 Å². The Kier molecular flexibility index (Phi) is 5.66. The van der Waals surface area contributed by atoms with Gasteiger partial charge in [-0.1, -0.05) is 12.1 Å². The van der Waals surface area contributed by atoms with Crippen LogP contribution < -0.4 is 14.4 Å². The Morgan fingerprint density at radius 3 is 2.06 bits per heavy atom. The van der Waals surface area contributed by atoms with Gasteiger partial charge in [0.15, 0.2) is 0 Å². The van der Waals surface area contributed by atoms with Crippen molar-refractivity contribution in [3.8, 4) is 11.5 Å². The molecule has 2 heterocycles. The summed E-state index contributed by atoms with van der Waals surface area (Å²) in [6.45, 7) is 3.47. The minimum Gasteiger partial charge on any atom is -0.516 e. The Balaban J connectivity index is 1.81. The van der Waals surface area contributed by atoms with Crippen LogP contribution in [0, 0.1) is 5.41 Å². The molecular weight excluding hydrogens is 421 g/mol. The molecule has 156 valence electrons. The van der Waals surface area contributed by atoms with Crippen molar-refractivity contribution in [1.29, 1.82) is 5.41 Å². The van der Waals surface area contributed by atoms with Gasteiger partial charge in [-0.05, 0) is 36.6 Å². The minimum absolute atomic E-state index is 0.0383. The van der Waals surface area contributed by atoms with Crippen LogP contribution in [-0.2, 0) is 0 Å². The van der Waals surface area contributed by atoms with E-state index in [4.69, 9.17) is 62.0 Å². The van der Waals surface area contributed by atoms with Crippen molar-refractivity contribution in [2.75, 3.05) is 4.90 Å². The highest BCUT2D eigenvalue weighted by Gasteiger charge is 2.46. The topological polar surface area (TPSA) is 94.5 Å². The maximum atomic E-state index is 11.2. The van der Waals surface area contributed by atoms with Gasteiger partial charge in [0.2, 0.25) is 0 Å². The van der Waals surface area contributed by atoms with Crippen molar-refractivity contribution in [1.82, 2.24) is 9.97 Å². The molecule has 34 heavy (non-hydrogen) atoms. The Hall–Kier alpha value is -3.09. The maximum Gasteiger partial charge on any atom is 0.145 e. The Morgan fingerprint density at radius 1 is 0.971 bits per heavy atom. The summed E-state index contributed by atoms with van der Waals surface area (Å²) in [6.07, 6.45) is 0. The summed E-state index contributed by atoms with van der Waals surface area (Å²) in [4.78, 5) is 9.22. The van der Waals surface area contributed by atoms with Gasteiger partial charge in [0.05, 0.1) is 27.8 Å². The van der Waals surface area contributed by atoms with Crippen LogP contribution in [0.4, 0.5) is 5.69 Å². The molecule has 1 aromatic heterocycles. The first-order valence-corrected chi connectivity index (χ1v) is 10.2. The summed E-state index contributed by atoms with van der Waals surface area (Å²) in [5.74, 6) is 0.414. The standard InChI is InChI=1S/C21H16B6N4O3/c1-19(2)16(32)15(18-29-13-5-3-4-6-14(13)30-18)17(28)31(19)10-7-11(33-20(22,23)24)9-12(8-10)34-21(25,26)27/h3-9,28,32H,1-2H3,(H,29,30). The predicted octanol–water partition coefficient (Wildman–Crippen LogP) is 1.10. The van der Waals surface area contributed by atoms with Crippen LogP contribution in [0.1, 0.15) is 19.7 Å². The number of aliphatic hydroxyl groups is 1. The number of H-pyrrole nitrogens is 1. The highest BCUT2D eigenvalue weighted by molar-refractivity contribution is 6.58. The van der Waals surface area contributed by atoms with Crippen LogP contribution in [-0.4, -0.2) is 84.1 Å². The lowest BCUT2D eigenvalue weighted by Gasteiger charge is -2.35. The number of amidine groups is 1. The van der Waals surface area contributed by atoms with Crippen LogP contribution in [0.25, 0.3) is 16.6 Å². The molecule has 0 amide bonds. The van der Waals surface area contributed by atoms with E-state index in [1.165, 1.54) is 18.2 Å². The quantitative estimate of drug-likeness (QED) is 0.503. The molecule has 0 saturated heterocycles. The van der Waals surface area contributed by atoms with E-state index < -0.39 is 16.1 Å². The summed E-state index contributed by atoms with van der Waals surface area (Å²) < 4.78 is 10.8. The van der Waals surface area contributed by atoms with Crippen LogP contribution in [0.2, 0.25) is 0 Å². The number of aromatic nitrogens is 2. The van der Waals surface area contributed by atoms with Crippen molar-refractivity contribution in [2.24, 2.45) is 0 Å². The average Bonchev–Trinajstić information content (AvgIpc) is 3.15. The van der Waals surface area contributed by atoms with Gasteiger partial charge in [-0.3, -0.25) is 5.41 Å². The molecule has 3 aromatic rings. The summed E-state index contributed by atoms with van der Waals surface area (Å²) >= 11 is 0. The molecule has 13 heteroatoms. The fraction of sp³-hybridized carbons (Fsp3) is 0.238. The lowest BCUT2D eigenvalue weighted by molar-refractivity contribution is 0.301. The first-order valence-electron chi connectivity index (χ1n) is 10.2. The molecule has 1 aliphatic heterocycles. The average molecular weight is 437 g/mol. The largest absolute Gasteiger partial charge is 0.516 e. The van der Waals surface area contributed by atoms with Crippen molar-refractivity contribution < 1.29 is 14.6 Å². The highest BCUT2D eigenvalue weighted by atomic mass is 16.5. The number of rotatable bonds is 6. The summed E-state index contributed by atoms with van der Waals surface area (Å²) in [5.41, 5.74) is 0.976. The van der Waals surface area contributed by atoms with Crippen molar-refractivity contribution in [2.45, 2.75) is 30.0 Å². The summed E-state index contributed by atoms with van der Waals surface area (Å²) in [5, 5.41) is 16.1. The first kappa shape index (κ1) is 24.0. The van der Waals surface area contributed by atoms with E-state index in [9.17, 15) is 5.11 Å². The molecule has 12 radical (unpaired) electrons. The number of hydrogen-bond acceptors (Lipinski definition) is 5. The highest BCUT2D eigenvalue weighted by Crippen LogP contribution is 2.43. The zero-order valence-corrected chi connectivity index (χ0v) is 18.7. The van der Waals surface area contributed by atoms with Crippen molar-refractivity contribution in [3.05, 3.63) is 54.0 Å². The molecule has 0 aliphatic carbocycles. The van der Waals surface area contributed by atoms with E-state index in [1.807, 2.05) is 24.3 Å². The third kappa shape index (κ3) is 4.61. The maximum absolute atomic E-state index is 11.2. The second kappa shape index (κ2) is 8.00. The molecule has 0 saturated carbocycles. The fourth-order valence-corrected chi connectivity index (χ4v) is 3.87. The molecule has 2 aromatic carbocycles. The molecule has 0 fully saturated rings. The monoisotopic (exact) mass is 438 g/mol. The van der Waals surface area contributed by atoms with Crippen LogP contribution in [0.3, 0.4) is 0 Å². The molecule has 3 N–H and O–H groups in total. The first-order chi connectivity index (χ1) is 15.7. The number of fused-ring (bicyclic) bond motifs is 1. The number of hydrogen-bond donors (Lipinski definition) is 3. The van der Waals surface area contributed by atoms with E-state index in [0.717, 1.165) is 5.52 Å². The van der Waals surface area contributed by atoms with Gasteiger partial charge in [-0.15, -0.1) is 0 Å². The van der Waals surface area contributed by atoms with Gasteiger partial charge in [0, 0.05) is 18.2 Å². The number of benzene rings is 2. The lowest BCUT2D eigenvalue weighted by Crippen LogP contribution is -2.44. The number of anilines is 1. The number of nitrogens with zero attached hydrogens (tertiary/aromatic N) is 2. The third-order valence-electron chi connectivity index (χ3n) is 5.17. The number of aromatic amines is 1. The molecular formula is C21H16B6N4O3. The van der Waals surface area contributed by atoms with E-state index in [1.54, 1.807) is 18.7 Å². The number of aliphatic hydroxyl groups excluding tert-OH is 1. The third-order valence-corrected chi connectivity index (χ3v) is 5.17. The SMILES string of the molecule is [B]C([B])([B])Oc1cc(OC([B])([B])[B])cc(N2C(=N)C(c3nc4ccccc4[nH]3)=C(O)C2(C)C)c1. The van der Waals surface area contributed by atoms with Crippen LogP contribution in [0.15, 0.2) is 48.2 Å². The number of nitrogens with one attached hydrogen (secondary N) is 2. The van der Waals surface area contributed by atoms with Crippen molar-refractivity contribution in [3.63, 3.8) is 0 Å². The minimum atomic E-state index is -2.00. The Labute approximate surface area is 205 Å². The van der Waals surface area contributed by atoms with Gasteiger partial charge >= 0.3 is 0 Å². The number of imidazole rings is 1. The second-order valence-electron chi connectivity index (χ2n) is 8.64. The zero-order chi connectivity index (χ0) is 25.1. The molecule has 1 aliphatic rings. The van der Waals surface area contributed by atoms with Gasteiger partial charge in [-0.25, -0.2) is 4.98 Å². The van der Waals surface area contributed by atoms with E-state index in [-0.39, 0.29) is 28.7 Å². The van der Waals surface area contributed by atoms with E-state index in [0.29, 0.717) is 17.0 Å². The van der Waals surface area contributed by atoms with Gasteiger partial charge in [-0.2, -0.15) is 0 Å². The zero-order valence-electron chi connectivity index (χ0n) is 18.7. The Bertz CT molecular complexity index is 1240. The summed E-state index contributed by atoms with van der Waals surface area (Å²) in [7, 11) is 33.5. The summed E-state index contributed by atoms with van der Waals surface area (Å²) in [6, 6.07) is 11.8. The molecule has 0 spiro atoms. The molecule has 0 bridgehead atoms. The van der Waals surface area contributed by atoms with Crippen LogP contribution >= 0.6 is 0 Å². The molecule has 0 atom stereocenters. The smallest absolute Gasteiger partial charge is 0.145 e. The van der Waals surface area contributed by atoms with Gasteiger partial charge in [0.1, 0.15) is 76.0 Å². The Morgan fingerprint density at radius 2 is 1.53 bits per heavy atom. The fourth-order valence-electron chi connectivity index (χ4n) is 3.87. The number of para-hydroxylation sites is 2. The van der Waals surface area contributed by atoms with E-state index >= 15 is 0 Å². The molecule has 7 nitrogen and oxygen atoms in total. The van der Waals surface area contributed by atoms with Gasteiger partial charge < -0.3 is 24.5 Å². The normalized spacial score (nSPS) is 16.3. The molecule has 4 rings (SSSR count). The van der Waals surface area contributed by atoms with E-state index in [2.05, 4.69) is 9.97 Å². The predicted molar refractivity (Wildman–Crippen MR) is 138 cm³/mol.